The number of aliphatic hydroxyl groups is 1. The summed E-state index contributed by atoms with van der Waals surface area (Å²) in [5, 5.41) is 33.4. The van der Waals surface area contributed by atoms with Crippen molar-refractivity contribution >= 4 is 85.8 Å². The summed E-state index contributed by atoms with van der Waals surface area (Å²) in [4.78, 5) is 56.0. The van der Waals surface area contributed by atoms with Crippen LogP contribution in [0.4, 0.5) is 96.9 Å². The lowest BCUT2D eigenvalue weighted by Crippen LogP contribution is -3.00. The molecule has 2 aromatic heterocycles. The summed E-state index contributed by atoms with van der Waals surface area (Å²) in [6, 6.07) is 16.7. The molecule has 2 heterocycles. The SMILES string of the molecule is C.CCN(CC)CC.CCN(CC)c1ccc(C(F)(F)F)cc1N.CCN(CC)c1ccc(C(F)(F)F)cc1NC(=O)c1ccncc1.CCN(CC)c1ccc(C(F)(F)F)cc1[N+](=O)[O-].CCNCC.CO.ClCCl.O=C(Cl)c1cc[nH+]cc1.O=[N+]([O-])c1cc(C(F)(F)F)ccc1F.[Cl-]. The summed E-state index contributed by atoms with van der Waals surface area (Å²) in [5.74, 6) is -1.77. The average molecular weight is 1530 g/mol. The lowest BCUT2D eigenvalue weighted by Gasteiger charge is -2.25. The van der Waals surface area contributed by atoms with Gasteiger partial charge in [-0.05, 0) is 159 Å². The van der Waals surface area contributed by atoms with E-state index in [0.717, 1.165) is 56.6 Å². The Hall–Kier alpha value is -7.55. The van der Waals surface area contributed by atoms with Crippen molar-refractivity contribution in [2.75, 3.05) is 110 Å². The zero-order valence-corrected chi connectivity index (χ0v) is 59.6. The Morgan fingerprint density at radius 3 is 1.19 bits per heavy atom. The largest absolute Gasteiger partial charge is 1.00 e. The first-order chi connectivity index (χ1) is 45.9. The Morgan fingerprint density at radius 1 is 0.530 bits per heavy atom. The van der Waals surface area contributed by atoms with Gasteiger partial charge in [0.05, 0.1) is 60.2 Å². The molecular weight excluding hydrogens is 1440 g/mol. The predicted octanol–water partition coefficient (Wildman–Crippen LogP) is 15.1. The van der Waals surface area contributed by atoms with Crippen molar-refractivity contribution in [2.45, 2.75) is 108 Å². The fourth-order valence-corrected chi connectivity index (χ4v) is 8.00. The van der Waals surface area contributed by atoms with Gasteiger partial charge in [-0.25, -0.2) is 4.98 Å². The number of anilines is 5. The molecule has 0 atom stereocenters. The summed E-state index contributed by atoms with van der Waals surface area (Å²) in [6.07, 6.45) is -11.9. The van der Waals surface area contributed by atoms with Crippen LogP contribution in [0.15, 0.2) is 122 Å². The molecule has 0 spiro atoms. The average Bonchev–Trinajstić information content (AvgIpc) is 0.836. The van der Waals surface area contributed by atoms with Crippen LogP contribution in [0.2, 0.25) is 0 Å². The quantitative estimate of drug-likeness (QED) is 0.0148. The Kier molecular flexibility index (Phi) is 53.9. The van der Waals surface area contributed by atoms with Gasteiger partial charge in [0, 0.05) is 94.2 Å². The minimum Gasteiger partial charge on any atom is -1.00 e. The van der Waals surface area contributed by atoms with Gasteiger partial charge in [0.15, 0.2) is 12.4 Å². The van der Waals surface area contributed by atoms with E-state index in [1.165, 1.54) is 56.3 Å². The van der Waals surface area contributed by atoms with Gasteiger partial charge in [0.25, 0.3) is 16.8 Å². The second kappa shape index (κ2) is 53.3. The van der Waals surface area contributed by atoms with Crippen LogP contribution in [-0.4, -0.2) is 120 Å². The Balaban J connectivity index is -0.000000360. The number of nitrogens with zero attached hydrogens (tertiary/aromatic N) is 7. The number of nitrogens with two attached hydrogens (primary N) is 1. The standard InChI is InChI=1S/C17H18F3N3O.C11H13F3N2O2.C11H15F3N2.C7H3F4NO2.C6H4ClNO.C6H15N.C4H11N.CH2Cl2.CH4O.CH4.ClH/c1-3-23(4-2)15-6-5-13(17(18,19)20)11-14(15)22-16(24)12-7-9-21-10-8-12;1-3-15(4-2)9-6-5-8(11(12,13)14)7-10(9)16(17)18;1-3-16(4-2)10-6-5-8(7-9(10)15)11(12,13)14;8-5-2-1-4(7(9,10)11)3-6(5)12(13)14;7-6(9)5-1-3-8-4-2-5;1-4-7(5-2)6-3;1-3-5-4-2;2-1-3;1-2;;/h5-11H,3-4H2,1-2H3,(H,22,24);5-7H,3-4H2,1-2H3;5-7H,3-4,15H2,1-2H3;1-3H;1-4H;4-6H2,1-3H3;5H,3-4H2,1-2H3;1H2;2H,1H3;1H4;1H. The Labute approximate surface area is 597 Å². The molecule has 6 rings (SSSR count). The first-order valence-corrected chi connectivity index (χ1v) is 31.5. The van der Waals surface area contributed by atoms with Gasteiger partial charge in [-0.3, -0.25) is 34.8 Å². The van der Waals surface area contributed by atoms with Crippen LogP contribution in [0.25, 0.3) is 0 Å². The highest BCUT2D eigenvalue weighted by Gasteiger charge is 2.36. The van der Waals surface area contributed by atoms with E-state index in [0.29, 0.717) is 80.0 Å². The number of aromatic amines is 1. The minimum absolute atomic E-state index is 0. The maximum atomic E-state index is 13.0. The molecule has 0 aliphatic rings. The number of nitro groups is 2. The first kappa shape index (κ1) is 101. The lowest BCUT2D eigenvalue weighted by atomic mass is 10.1. The number of halogens is 17. The second-order valence-electron chi connectivity index (χ2n) is 18.8. The number of pyridine rings is 2. The summed E-state index contributed by atoms with van der Waals surface area (Å²) in [6.45, 7) is 31.4. The molecule has 0 bridgehead atoms. The number of amides is 1. The lowest BCUT2D eigenvalue weighted by molar-refractivity contribution is -0.387. The minimum atomic E-state index is -4.71. The number of rotatable bonds is 19. The van der Waals surface area contributed by atoms with Crippen molar-refractivity contribution in [3.8, 4) is 0 Å². The predicted molar refractivity (Wildman–Crippen MR) is 369 cm³/mol. The zero-order valence-electron chi connectivity index (χ0n) is 56.6. The fourth-order valence-electron chi connectivity index (χ4n) is 7.88. The number of aliphatic hydroxyl groups excluding tert-OH is 1. The molecule has 0 unspecified atom stereocenters. The molecule has 18 nitrogen and oxygen atoms in total. The second-order valence-corrected chi connectivity index (χ2v) is 20.0. The molecular formula is C65H90Cl4F13N11O7. The molecule has 100 heavy (non-hydrogen) atoms. The molecule has 0 saturated carbocycles. The van der Waals surface area contributed by atoms with Crippen LogP contribution in [0, 0.1) is 26.0 Å². The van der Waals surface area contributed by atoms with Crippen molar-refractivity contribution in [3.63, 3.8) is 0 Å². The van der Waals surface area contributed by atoms with Crippen LogP contribution in [0.5, 0.6) is 0 Å². The van der Waals surface area contributed by atoms with Crippen LogP contribution in [0.1, 0.15) is 127 Å². The van der Waals surface area contributed by atoms with E-state index in [-0.39, 0.29) is 48.3 Å². The molecule has 566 valence electrons. The summed E-state index contributed by atoms with van der Waals surface area (Å²) >= 11 is 14.7. The van der Waals surface area contributed by atoms with Gasteiger partial charge in [0.2, 0.25) is 5.82 Å². The molecule has 0 radical (unpaired) electrons. The number of alkyl halides is 14. The molecule has 0 saturated heterocycles. The maximum absolute atomic E-state index is 13.0. The summed E-state index contributed by atoms with van der Waals surface area (Å²) in [7, 11) is 1.00. The number of hydrogen-bond acceptors (Lipinski definition) is 14. The molecule has 0 fully saturated rings. The molecule has 0 aliphatic heterocycles. The van der Waals surface area contributed by atoms with Gasteiger partial charge >= 0.3 is 30.4 Å². The molecule has 6 aromatic rings. The van der Waals surface area contributed by atoms with Crippen LogP contribution >= 0.6 is 34.8 Å². The number of nitrogen functional groups attached to an aromatic ring is 1. The van der Waals surface area contributed by atoms with E-state index < -0.39 is 85.1 Å². The number of H-pyrrole nitrogens is 1. The summed E-state index contributed by atoms with van der Waals surface area (Å²) < 4.78 is 162. The Morgan fingerprint density at radius 2 is 0.870 bits per heavy atom. The van der Waals surface area contributed by atoms with Crippen LogP contribution in [-0.2, 0) is 24.7 Å². The molecule has 0 aliphatic carbocycles. The molecule has 1 amide bonds. The van der Waals surface area contributed by atoms with Crippen molar-refractivity contribution in [2.24, 2.45) is 0 Å². The fraction of sp³-hybridized carbons (Fsp3) is 0.446. The first-order valence-electron chi connectivity index (χ1n) is 30.0. The van der Waals surface area contributed by atoms with Crippen molar-refractivity contribution in [1.82, 2.24) is 15.2 Å². The maximum Gasteiger partial charge on any atom is 0.416 e. The monoisotopic (exact) mass is 1520 g/mol. The van der Waals surface area contributed by atoms with Crippen molar-refractivity contribution in [1.29, 1.82) is 0 Å². The van der Waals surface area contributed by atoms with E-state index in [2.05, 4.69) is 60.1 Å². The third-order valence-corrected chi connectivity index (χ3v) is 13.2. The van der Waals surface area contributed by atoms with Gasteiger partial charge in [-0.15, -0.1) is 23.2 Å². The van der Waals surface area contributed by atoms with E-state index >= 15 is 0 Å². The normalized spacial score (nSPS) is 10.4. The van der Waals surface area contributed by atoms with Crippen LogP contribution in [0.3, 0.4) is 0 Å². The Bertz CT molecular complexity index is 3200. The van der Waals surface area contributed by atoms with Gasteiger partial charge in [0.1, 0.15) is 5.69 Å². The number of nitrogens with one attached hydrogen (secondary N) is 3. The third-order valence-electron chi connectivity index (χ3n) is 12.9. The van der Waals surface area contributed by atoms with Crippen molar-refractivity contribution < 1.29 is 99.0 Å². The molecule has 6 N–H and O–H groups in total. The number of hydrogen-bond donors (Lipinski definition) is 4. The number of nitro benzene ring substituents is 2. The highest BCUT2D eigenvalue weighted by atomic mass is 35.5. The number of carbonyl (C=O) groups excluding carboxylic acids is 2. The number of benzene rings is 4. The molecule has 4 aromatic carbocycles. The van der Waals surface area contributed by atoms with E-state index in [9.17, 15) is 86.9 Å². The van der Waals surface area contributed by atoms with E-state index in [1.54, 1.807) is 43.3 Å². The van der Waals surface area contributed by atoms with Crippen molar-refractivity contribution in [3.05, 3.63) is 181 Å². The third kappa shape index (κ3) is 38.9. The van der Waals surface area contributed by atoms with E-state index in [1.807, 2.05) is 37.5 Å². The zero-order chi connectivity index (χ0) is 76.2. The molecule has 35 heteroatoms. The van der Waals surface area contributed by atoms with Gasteiger partial charge < -0.3 is 53.5 Å². The highest BCUT2D eigenvalue weighted by Crippen LogP contribution is 2.39. The number of aromatic nitrogens is 2. The smallest absolute Gasteiger partial charge is 0.416 e. The topological polar surface area (TPSA) is 231 Å². The number of carbonyl (C=O) groups is 2. The van der Waals surface area contributed by atoms with Gasteiger partial charge in [-0.1, -0.05) is 42.0 Å². The van der Waals surface area contributed by atoms with E-state index in [4.69, 9.17) is 45.6 Å². The highest BCUT2D eigenvalue weighted by molar-refractivity contribution is 6.67. The van der Waals surface area contributed by atoms with Gasteiger partial charge in [-0.2, -0.15) is 57.1 Å². The summed E-state index contributed by atoms with van der Waals surface area (Å²) in [5.41, 5.74) is 2.71. The van der Waals surface area contributed by atoms with Crippen LogP contribution < -0.4 is 48.5 Å².